The van der Waals surface area contributed by atoms with Gasteiger partial charge in [0.2, 0.25) is 0 Å². The number of aryl methyl sites for hydroxylation is 1. The summed E-state index contributed by atoms with van der Waals surface area (Å²) >= 11 is 1.13. The summed E-state index contributed by atoms with van der Waals surface area (Å²) in [5.41, 5.74) is 1.12. The Morgan fingerprint density at radius 3 is 3.00 bits per heavy atom. The highest BCUT2D eigenvalue weighted by molar-refractivity contribution is 7.13. The number of aromatic nitrogens is 1. The van der Waals surface area contributed by atoms with E-state index in [1.165, 1.54) is 6.20 Å². The summed E-state index contributed by atoms with van der Waals surface area (Å²) < 4.78 is 5.52. The number of thiazole rings is 1. The molecule has 0 saturated heterocycles. The van der Waals surface area contributed by atoms with Gasteiger partial charge in [-0.15, -0.1) is 11.3 Å². The Bertz CT molecular complexity index is 536. The number of ether oxygens (including phenoxy) is 1. The number of benzene rings is 1. The Morgan fingerprint density at radius 2 is 2.35 bits per heavy atom. The smallest absolute Gasteiger partial charge is 0.347 e. The highest BCUT2D eigenvalue weighted by atomic mass is 32.1. The van der Waals surface area contributed by atoms with Crippen LogP contribution in [0.1, 0.15) is 20.2 Å². The van der Waals surface area contributed by atoms with Gasteiger partial charge in [0.15, 0.2) is 0 Å². The maximum Gasteiger partial charge on any atom is 0.347 e. The minimum Gasteiger partial charge on any atom is -0.486 e. The largest absolute Gasteiger partial charge is 0.486 e. The lowest BCUT2D eigenvalue weighted by atomic mass is 10.2. The van der Waals surface area contributed by atoms with Crippen LogP contribution in [0.3, 0.4) is 0 Å². The molecule has 0 aliphatic carbocycles. The van der Waals surface area contributed by atoms with Crippen molar-refractivity contribution in [3.63, 3.8) is 0 Å². The number of rotatable bonds is 4. The van der Waals surface area contributed by atoms with Crippen molar-refractivity contribution in [3.05, 3.63) is 45.9 Å². The first-order valence-electron chi connectivity index (χ1n) is 5.02. The molecule has 0 radical (unpaired) electrons. The van der Waals surface area contributed by atoms with Crippen LogP contribution in [0.5, 0.6) is 5.75 Å². The lowest BCUT2D eigenvalue weighted by molar-refractivity contribution is 0.0702. The second kappa shape index (κ2) is 4.97. The molecule has 1 heterocycles. The number of nitrogens with zero attached hydrogens (tertiary/aromatic N) is 1. The van der Waals surface area contributed by atoms with E-state index in [0.717, 1.165) is 22.6 Å². The highest BCUT2D eigenvalue weighted by Crippen LogP contribution is 2.17. The first kappa shape index (κ1) is 11.6. The van der Waals surface area contributed by atoms with Crippen molar-refractivity contribution in [2.24, 2.45) is 0 Å². The fraction of sp³-hybridized carbons (Fsp3) is 0.167. The molecule has 2 rings (SSSR count). The van der Waals surface area contributed by atoms with Crippen LogP contribution in [0, 0.1) is 6.92 Å². The minimum atomic E-state index is -0.954. The maximum absolute atomic E-state index is 10.7. The van der Waals surface area contributed by atoms with Crippen molar-refractivity contribution >= 4 is 17.3 Å². The van der Waals surface area contributed by atoms with Crippen molar-refractivity contribution in [3.8, 4) is 5.75 Å². The first-order chi connectivity index (χ1) is 8.15. The molecule has 1 N–H and O–H groups in total. The Kier molecular flexibility index (Phi) is 3.39. The molecule has 0 atom stereocenters. The molecule has 17 heavy (non-hydrogen) atoms. The van der Waals surface area contributed by atoms with Crippen molar-refractivity contribution in [1.82, 2.24) is 4.98 Å². The van der Waals surface area contributed by atoms with E-state index in [9.17, 15) is 4.79 Å². The van der Waals surface area contributed by atoms with Gasteiger partial charge in [-0.25, -0.2) is 9.78 Å². The van der Waals surface area contributed by atoms with Crippen molar-refractivity contribution in [1.29, 1.82) is 0 Å². The van der Waals surface area contributed by atoms with Crippen molar-refractivity contribution < 1.29 is 14.6 Å². The molecule has 88 valence electrons. The number of carbonyl (C=O) groups is 1. The van der Waals surface area contributed by atoms with Gasteiger partial charge >= 0.3 is 5.97 Å². The fourth-order valence-electron chi connectivity index (χ4n) is 1.33. The molecule has 0 fully saturated rings. The van der Waals surface area contributed by atoms with Gasteiger partial charge in [0.1, 0.15) is 22.2 Å². The third kappa shape index (κ3) is 3.04. The summed E-state index contributed by atoms with van der Waals surface area (Å²) in [5, 5.41) is 9.41. The summed E-state index contributed by atoms with van der Waals surface area (Å²) in [6, 6.07) is 7.68. The predicted molar refractivity (Wildman–Crippen MR) is 64.6 cm³/mol. The fourth-order valence-corrected chi connectivity index (χ4v) is 2.00. The number of hydrogen-bond donors (Lipinski definition) is 1. The molecular weight excluding hydrogens is 238 g/mol. The molecule has 0 spiro atoms. The van der Waals surface area contributed by atoms with Crippen LogP contribution in [0.2, 0.25) is 0 Å². The molecule has 0 amide bonds. The normalized spacial score (nSPS) is 10.2. The molecule has 0 unspecified atom stereocenters. The highest BCUT2D eigenvalue weighted by Gasteiger charge is 2.08. The second-order valence-electron chi connectivity index (χ2n) is 3.53. The monoisotopic (exact) mass is 249 g/mol. The number of aromatic carboxylic acids is 1. The molecule has 1 aromatic carbocycles. The van der Waals surface area contributed by atoms with E-state index in [1.54, 1.807) is 0 Å². The van der Waals surface area contributed by atoms with E-state index in [2.05, 4.69) is 4.98 Å². The number of carboxylic acids is 1. The van der Waals surface area contributed by atoms with Crippen LogP contribution in [0.15, 0.2) is 30.5 Å². The zero-order chi connectivity index (χ0) is 12.3. The van der Waals surface area contributed by atoms with Crippen LogP contribution in [-0.4, -0.2) is 16.1 Å². The molecule has 5 heteroatoms. The lowest BCUT2D eigenvalue weighted by Crippen LogP contribution is -1.94. The molecular formula is C12H11NO3S. The maximum atomic E-state index is 10.7. The first-order valence-corrected chi connectivity index (χ1v) is 5.84. The van der Waals surface area contributed by atoms with Gasteiger partial charge in [0.25, 0.3) is 0 Å². The lowest BCUT2D eigenvalue weighted by Gasteiger charge is -2.04. The molecule has 1 aromatic heterocycles. The van der Waals surface area contributed by atoms with Gasteiger partial charge in [0, 0.05) is 0 Å². The average Bonchev–Trinajstić information content (AvgIpc) is 2.75. The quantitative estimate of drug-likeness (QED) is 0.905. The van der Waals surface area contributed by atoms with E-state index < -0.39 is 5.97 Å². The molecule has 0 aliphatic heterocycles. The zero-order valence-electron chi connectivity index (χ0n) is 9.21. The van der Waals surface area contributed by atoms with Crippen LogP contribution in [0.25, 0.3) is 0 Å². The SMILES string of the molecule is Cc1cccc(OCc2ncc(C(=O)O)s2)c1. The molecule has 4 nitrogen and oxygen atoms in total. The second-order valence-corrected chi connectivity index (χ2v) is 4.64. The van der Waals surface area contributed by atoms with Crippen LogP contribution in [-0.2, 0) is 6.61 Å². The Morgan fingerprint density at radius 1 is 1.53 bits per heavy atom. The van der Waals surface area contributed by atoms with Crippen LogP contribution < -0.4 is 4.74 Å². The summed E-state index contributed by atoms with van der Waals surface area (Å²) in [7, 11) is 0. The van der Waals surface area contributed by atoms with E-state index in [1.807, 2.05) is 31.2 Å². The van der Waals surface area contributed by atoms with Gasteiger partial charge < -0.3 is 9.84 Å². The van der Waals surface area contributed by atoms with Crippen LogP contribution in [0.4, 0.5) is 0 Å². The summed E-state index contributed by atoms with van der Waals surface area (Å²) in [4.78, 5) is 14.9. The van der Waals surface area contributed by atoms with Gasteiger partial charge in [0.05, 0.1) is 6.20 Å². The zero-order valence-corrected chi connectivity index (χ0v) is 10.0. The van der Waals surface area contributed by atoms with Gasteiger partial charge in [-0.2, -0.15) is 0 Å². The number of hydrogen-bond acceptors (Lipinski definition) is 4. The summed E-state index contributed by atoms with van der Waals surface area (Å²) in [6.45, 7) is 2.28. The molecule has 0 bridgehead atoms. The van der Waals surface area contributed by atoms with Gasteiger partial charge in [-0.1, -0.05) is 12.1 Å². The third-order valence-electron chi connectivity index (χ3n) is 2.12. The Hall–Kier alpha value is -1.88. The average molecular weight is 249 g/mol. The molecule has 0 aliphatic rings. The minimum absolute atomic E-state index is 0.229. The van der Waals surface area contributed by atoms with E-state index in [4.69, 9.17) is 9.84 Å². The van der Waals surface area contributed by atoms with E-state index in [0.29, 0.717) is 11.6 Å². The Balaban J connectivity index is 2.00. The number of carboxylic acid groups (broad SMARTS) is 1. The van der Waals surface area contributed by atoms with Gasteiger partial charge in [-0.3, -0.25) is 0 Å². The third-order valence-corrected chi connectivity index (χ3v) is 3.08. The van der Waals surface area contributed by atoms with Crippen molar-refractivity contribution in [2.45, 2.75) is 13.5 Å². The van der Waals surface area contributed by atoms with Gasteiger partial charge in [-0.05, 0) is 24.6 Å². The Labute approximate surface area is 103 Å². The van der Waals surface area contributed by atoms with E-state index in [-0.39, 0.29) is 4.88 Å². The standard InChI is InChI=1S/C12H11NO3S/c1-8-3-2-4-9(5-8)16-7-11-13-6-10(17-11)12(14)15/h2-6H,7H2,1H3,(H,14,15). The van der Waals surface area contributed by atoms with E-state index >= 15 is 0 Å². The van der Waals surface area contributed by atoms with Crippen LogP contribution >= 0.6 is 11.3 Å². The molecule has 2 aromatic rings. The summed E-state index contributed by atoms with van der Waals surface area (Å²) in [5.74, 6) is -0.193. The molecule has 0 saturated carbocycles. The van der Waals surface area contributed by atoms with Crippen molar-refractivity contribution in [2.75, 3.05) is 0 Å². The summed E-state index contributed by atoms with van der Waals surface area (Å²) in [6.07, 6.45) is 1.35. The predicted octanol–water partition coefficient (Wildman–Crippen LogP) is 2.73. The topological polar surface area (TPSA) is 59.4 Å².